The van der Waals surface area contributed by atoms with E-state index < -0.39 is 3.98 Å². The highest BCUT2D eigenvalue weighted by Crippen LogP contribution is 2.00. The van der Waals surface area contributed by atoms with Gasteiger partial charge in [0.2, 0.25) is 0 Å². The molecule has 4 heteroatoms. The number of carbonyl (C=O) groups excluding carboxylic acids is 1. The summed E-state index contributed by atoms with van der Waals surface area (Å²) in [6.45, 7) is 2.30. The fraction of sp³-hybridized carbons (Fsp3) is 0.667. The average molecular weight is 296 g/mol. The SMILES string of the molecule is CC#CCCCCCOOC(=O)I. The molecule has 0 amide bonds. The van der Waals surface area contributed by atoms with Gasteiger partial charge in [0.25, 0.3) is 0 Å². The Morgan fingerprint density at radius 3 is 2.77 bits per heavy atom. The first-order valence-corrected chi connectivity index (χ1v) is 5.23. The summed E-state index contributed by atoms with van der Waals surface area (Å²) >= 11 is 1.52. The Morgan fingerprint density at radius 2 is 2.15 bits per heavy atom. The molecule has 0 atom stereocenters. The van der Waals surface area contributed by atoms with Gasteiger partial charge >= 0.3 is 3.98 Å². The Hall–Kier alpha value is -0.280. The number of hydrogen-bond acceptors (Lipinski definition) is 3. The van der Waals surface area contributed by atoms with Crippen LogP contribution >= 0.6 is 22.6 Å². The minimum absolute atomic E-state index is 0.436. The van der Waals surface area contributed by atoms with E-state index in [4.69, 9.17) is 0 Å². The van der Waals surface area contributed by atoms with Crippen molar-refractivity contribution in [1.29, 1.82) is 0 Å². The molecule has 0 aromatic carbocycles. The summed E-state index contributed by atoms with van der Waals surface area (Å²) in [7, 11) is 0. The van der Waals surface area contributed by atoms with Crippen LogP contribution in [0.15, 0.2) is 0 Å². The van der Waals surface area contributed by atoms with Crippen molar-refractivity contribution in [3.05, 3.63) is 0 Å². The molecule has 74 valence electrons. The fourth-order valence-corrected chi connectivity index (χ4v) is 0.891. The molecule has 3 nitrogen and oxygen atoms in total. The van der Waals surface area contributed by atoms with Crippen molar-refractivity contribution >= 4 is 26.6 Å². The second kappa shape index (κ2) is 9.81. The molecule has 0 aliphatic heterocycles. The highest BCUT2D eigenvalue weighted by Gasteiger charge is 1.94. The molecule has 0 fully saturated rings. The normalized spacial score (nSPS) is 8.77. The van der Waals surface area contributed by atoms with E-state index in [1.807, 2.05) is 6.92 Å². The van der Waals surface area contributed by atoms with Crippen LogP contribution in [-0.2, 0) is 9.78 Å². The standard InChI is InChI=1S/C9H13IO3/c1-2-3-4-5-6-7-8-12-13-9(10)11/h4-8H2,1H3. The highest BCUT2D eigenvalue weighted by atomic mass is 127. The van der Waals surface area contributed by atoms with Gasteiger partial charge in [0.05, 0.1) is 29.2 Å². The van der Waals surface area contributed by atoms with Gasteiger partial charge in [0.15, 0.2) is 0 Å². The van der Waals surface area contributed by atoms with E-state index in [1.54, 1.807) is 0 Å². The van der Waals surface area contributed by atoms with Crippen LogP contribution < -0.4 is 0 Å². The Kier molecular flexibility index (Phi) is 9.59. The molecule has 0 aromatic heterocycles. The topological polar surface area (TPSA) is 35.5 Å². The van der Waals surface area contributed by atoms with Crippen molar-refractivity contribution in [2.45, 2.75) is 32.6 Å². The third kappa shape index (κ3) is 11.7. The summed E-state index contributed by atoms with van der Waals surface area (Å²) in [5, 5.41) is 0. The molecule has 0 spiro atoms. The van der Waals surface area contributed by atoms with Gasteiger partial charge < -0.3 is 0 Å². The summed E-state index contributed by atoms with van der Waals surface area (Å²) in [4.78, 5) is 19.1. The summed E-state index contributed by atoms with van der Waals surface area (Å²) in [5.74, 6) is 5.81. The highest BCUT2D eigenvalue weighted by molar-refractivity contribution is 14.1. The molecule has 0 rings (SSSR count). The van der Waals surface area contributed by atoms with Gasteiger partial charge in [-0.15, -0.1) is 11.8 Å². The maximum atomic E-state index is 10.2. The van der Waals surface area contributed by atoms with Gasteiger partial charge in [0, 0.05) is 6.42 Å². The van der Waals surface area contributed by atoms with E-state index in [1.165, 1.54) is 22.6 Å². The summed E-state index contributed by atoms with van der Waals surface area (Å²) in [6.07, 6.45) is 3.95. The number of hydrogen-bond donors (Lipinski definition) is 0. The van der Waals surface area contributed by atoms with E-state index in [0.717, 1.165) is 25.7 Å². The zero-order valence-electron chi connectivity index (χ0n) is 7.64. The van der Waals surface area contributed by atoms with Gasteiger partial charge in [-0.1, -0.05) is 6.42 Å². The van der Waals surface area contributed by atoms with Crippen LogP contribution in [0.2, 0.25) is 0 Å². The van der Waals surface area contributed by atoms with Crippen molar-refractivity contribution < 1.29 is 14.6 Å². The minimum atomic E-state index is -0.436. The van der Waals surface area contributed by atoms with Crippen LogP contribution in [0.5, 0.6) is 0 Å². The van der Waals surface area contributed by atoms with Crippen LogP contribution in [0.25, 0.3) is 0 Å². The van der Waals surface area contributed by atoms with E-state index in [-0.39, 0.29) is 0 Å². The summed E-state index contributed by atoms with van der Waals surface area (Å²) < 4.78 is -0.436. The Bertz CT molecular complexity index is 193. The minimum Gasteiger partial charge on any atom is -0.287 e. The third-order valence-electron chi connectivity index (χ3n) is 1.33. The number of unbranched alkanes of at least 4 members (excludes halogenated alkanes) is 3. The quantitative estimate of drug-likeness (QED) is 0.189. The molecule has 0 saturated carbocycles. The predicted molar refractivity (Wildman–Crippen MR) is 58.4 cm³/mol. The number of halogens is 1. The smallest absolute Gasteiger partial charge is 0.287 e. The lowest BCUT2D eigenvalue weighted by molar-refractivity contribution is -0.229. The summed E-state index contributed by atoms with van der Waals surface area (Å²) in [6, 6.07) is 0. The van der Waals surface area contributed by atoms with Gasteiger partial charge in [0.1, 0.15) is 0 Å². The first-order valence-electron chi connectivity index (χ1n) is 4.16. The van der Waals surface area contributed by atoms with Gasteiger partial charge in [-0.25, -0.2) is 4.79 Å². The van der Waals surface area contributed by atoms with Crippen LogP contribution in [-0.4, -0.2) is 10.6 Å². The molecular weight excluding hydrogens is 283 g/mol. The molecule has 13 heavy (non-hydrogen) atoms. The van der Waals surface area contributed by atoms with Crippen molar-refractivity contribution in [3.8, 4) is 11.8 Å². The predicted octanol–water partition coefficient (Wildman–Crippen LogP) is 3.07. The third-order valence-corrected chi connectivity index (χ3v) is 1.51. The molecule has 0 bridgehead atoms. The number of rotatable bonds is 6. The van der Waals surface area contributed by atoms with E-state index in [0.29, 0.717) is 6.61 Å². The van der Waals surface area contributed by atoms with Gasteiger partial charge in [-0.3, -0.25) is 4.89 Å². The lowest BCUT2D eigenvalue weighted by atomic mass is 10.2. The van der Waals surface area contributed by atoms with Gasteiger partial charge in [-0.05, 0) is 19.8 Å². The monoisotopic (exact) mass is 296 g/mol. The van der Waals surface area contributed by atoms with Gasteiger partial charge in [-0.2, -0.15) is 4.89 Å². The van der Waals surface area contributed by atoms with E-state index in [9.17, 15) is 4.79 Å². The Labute approximate surface area is 92.2 Å². The Balaban J connectivity index is 2.98. The molecule has 0 aliphatic rings. The van der Waals surface area contributed by atoms with Crippen LogP contribution in [0, 0.1) is 11.8 Å². The average Bonchev–Trinajstić information content (AvgIpc) is 2.09. The largest absolute Gasteiger partial charge is 0.400 e. The van der Waals surface area contributed by atoms with Crippen LogP contribution in [0.4, 0.5) is 4.79 Å². The van der Waals surface area contributed by atoms with Crippen molar-refractivity contribution in [2.24, 2.45) is 0 Å². The second-order valence-electron chi connectivity index (χ2n) is 2.38. The molecule has 0 aliphatic carbocycles. The van der Waals surface area contributed by atoms with Crippen molar-refractivity contribution in [1.82, 2.24) is 0 Å². The van der Waals surface area contributed by atoms with Crippen molar-refractivity contribution in [3.63, 3.8) is 0 Å². The second-order valence-corrected chi connectivity index (χ2v) is 3.26. The maximum Gasteiger partial charge on any atom is 0.400 e. The van der Waals surface area contributed by atoms with E-state index in [2.05, 4.69) is 21.6 Å². The maximum absolute atomic E-state index is 10.2. The first kappa shape index (κ1) is 12.7. The molecule has 0 radical (unpaired) electrons. The molecule has 0 saturated heterocycles. The van der Waals surface area contributed by atoms with Crippen LogP contribution in [0.3, 0.4) is 0 Å². The zero-order valence-corrected chi connectivity index (χ0v) is 9.80. The van der Waals surface area contributed by atoms with E-state index >= 15 is 0 Å². The lowest BCUT2D eigenvalue weighted by Crippen LogP contribution is -1.97. The zero-order chi connectivity index (χ0) is 9.94. The molecule has 0 N–H and O–H groups in total. The van der Waals surface area contributed by atoms with Crippen molar-refractivity contribution in [2.75, 3.05) is 6.61 Å². The summed E-state index contributed by atoms with van der Waals surface area (Å²) in [5.41, 5.74) is 0. The fourth-order valence-electron chi connectivity index (χ4n) is 0.764. The molecular formula is C9H13IO3. The molecule has 0 unspecified atom stereocenters. The van der Waals surface area contributed by atoms with Crippen LogP contribution in [0.1, 0.15) is 32.6 Å². The number of carbonyl (C=O) groups is 1. The first-order chi connectivity index (χ1) is 6.27. The lowest BCUT2D eigenvalue weighted by Gasteiger charge is -1.99. The molecule has 0 heterocycles. The Morgan fingerprint density at radius 1 is 1.38 bits per heavy atom. The molecule has 0 aromatic rings.